The first-order chi connectivity index (χ1) is 12.4. The molecule has 1 amide bonds. The first kappa shape index (κ1) is 19.6. The van der Waals surface area contributed by atoms with Gasteiger partial charge in [0.2, 0.25) is 0 Å². The number of hydrogen-bond acceptors (Lipinski definition) is 3. The van der Waals surface area contributed by atoms with E-state index in [0.29, 0.717) is 18.7 Å². The monoisotopic (exact) mass is 361 g/mol. The van der Waals surface area contributed by atoms with E-state index >= 15 is 0 Å². The maximum absolute atomic E-state index is 14.4. The van der Waals surface area contributed by atoms with E-state index in [4.69, 9.17) is 5.11 Å². The van der Waals surface area contributed by atoms with Gasteiger partial charge in [0.05, 0.1) is 5.69 Å². The number of nitrogens with zero attached hydrogens (tertiary/aromatic N) is 2. The highest BCUT2D eigenvalue weighted by Gasteiger charge is 2.13. The number of aryl methyl sites for hydroxylation is 2. The summed E-state index contributed by atoms with van der Waals surface area (Å²) in [5, 5.41) is 15.6. The topological polar surface area (TPSA) is 84.2 Å². The second-order valence-electron chi connectivity index (χ2n) is 6.32. The molecule has 0 bridgehead atoms. The number of carbonyl (C=O) groups is 2. The summed E-state index contributed by atoms with van der Waals surface area (Å²) in [7, 11) is 0. The average molecular weight is 361 g/mol. The predicted octanol–water partition coefficient (Wildman–Crippen LogP) is 3.39. The highest BCUT2D eigenvalue weighted by atomic mass is 19.1. The van der Waals surface area contributed by atoms with Crippen molar-refractivity contribution in [2.24, 2.45) is 0 Å². The fourth-order valence-electron chi connectivity index (χ4n) is 2.75. The Hall–Kier alpha value is -2.70. The van der Waals surface area contributed by atoms with Crippen LogP contribution in [0.5, 0.6) is 0 Å². The fraction of sp³-hybridized carbons (Fsp3) is 0.421. The summed E-state index contributed by atoms with van der Waals surface area (Å²) in [5.74, 6) is -1.61. The van der Waals surface area contributed by atoms with Crippen molar-refractivity contribution in [3.63, 3.8) is 0 Å². The quantitative estimate of drug-likeness (QED) is 0.671. The summed E-state index contributed by atoms with van der Waals surface area (Å²) in [6.45, 7) is 4.16. The molecule has 0 saturated heterocycles. The van der Waals surface area contributed by atoms with Crippen LogP contribution >= 0.6 is 0 Å². The fourth-order valence-corrected chi connectivity index (χ4v) is 2.75. The summed E-state index contributed by atoms with van der Waals surface area (Å²) in [6.07, 6.45) is 3.24. The number of carboxylic acids is 1. The van der Waals surface area contributed by atoms with Gasteiger partial charge in [0, 0.05) is 24.2 Å². The van der Waals surface area contributed by atoms with Crippen molar-refractivity contribution in [3.05, 3.63) is 47.0 Å². The molecule has 1 heterocycles. The van der Waals surface area contributed by atoms with Crippen LogP contribution in [0, 0.1) is 19.7 Å². The van der Waals surface area contributed by atoms with Gasteiger partial charge < -0.3 is 10.4 Å². The van der Waals surface area contributed by atoms with Gasteiger partial charge in [-0.15, -0.1) is 0 Å². The van der Waals surface area contributed by atoms with Gasteiger partial charge in [0.25, 0.3) is 5.91 Å². The highest BCUT2D eigenvalue weighted by molar-refractivity contribution is 5.94. The first-order valence-corrected chi connectivity index (χ1v) is 8.71. The molecule has 0 aliphatic heterocycles. The van der Waals surface area contributed by atoms with Crippen molar-refractivity contribution in [2.75, 3.05) is 6.54 Å². The lowest BCUT2D eigenvalue weighted by Gasteiger charge is -2.09. The van der Waals surface area contributed by atoms with Gasteiger partial charge in [0.15, 0.2) is 0 Å². The van der Waals surface area contributed by atoms with Crippen LogP contribution in [0.1, 0.15) is 53.8 Å². The number of carboxylic acid groups (broad SMARTS) is 1. The molecule has 2 N–H and O–H groups in total. The normalized spacial score (nSPS) is 10.7. The number of halogens is 1. The van der Waals surface area contributed by atoms with Gasteiger partial charge in [-0.05, 0) is 51.0 Å². The van der Waals surface area contributed by atoms with E-state index in [1.165, 1.54) is 10.7 Å². The standard InChI is InChI=1S/C19H24FN3O3/c1-13-11-14(2)23(22-13)17-9-8-15(12-16(17)20)19(26)21-10-6-4-3-5-7-18(24)25/h8-9,11-12H,3-7,10H2,1-2H3,(H,21,26)(H,24,25). The zero-order chi connectivity index (χ0) is 19.1. The maximum atomic E-state index is 14.4. The Morgan fingerprint density at radius 2 is 1.88 bits per heavy atom. The zero-order valence-electron chi connectivity index (χ0n) is 15.1. The molecule has 2 aromatic rings. The van der Waals surface area contributed by atoms with E-state index in [1.54, 1.807) is 12.1 Å². The smallest absolute Gasteiger partial charge is 0.303 e. The number of carbonyl (C=O) groups excluding carboxylic acids is 1. The Balaban J connectivity index is 1.85. The number of aromatic nitrogens is 2. The summed E-state index contributed by atoms with van der Waals surface area (Å²) >= 11 is 0. The third kappa shape index (κ3) is 5.40. The number of unbranched alkanes of at least 4 members (excludes halogenated alkanes) is 3. The summed E-state index contributed by atoms with van der Waals surface area (Å²) in [5.41, 5.74) is 2.19. The van der Waals surface area contributed by atoms with E-state index in [-0.39, 0.29) is 17.9 Å². The molecular formula is C19H24FN3O3. The number of nitrogens with one attached hydrogen (secondary N) is 1. The third-order valence-corrected chi connectivity index (χ3v) is 4.05. The molecule has 7 heteroatoms. The van der Waals surface area contributed by atoms with Crippen LogP contribution in [0.4, 0.5) is 4.39 Å². The molecule has 140 valence electrons. The number of benzene rings is 1. The first-order valence-electron chi connectivity index (χ1n) is 8.71. The lowest BCUT2D eigenvalue weighted by Crippen LogP contribution is -2.24. The van der Waals surface area contributed by atoms with Crippen molar-refractivity contribution in [1.29, 1.82) is 0 Å². The molecule has 0 aliphatic rings. The molecule has 2 rings (SSSR count). The van der Waals surface area contributed by atoms with E-state index < -0.39 is 11.8 Å². The molecule has 6 nitrogen and oxygen atoms in total. The van der Waals surface area contributed by atoms with Crippen LogP contribution in [-0.2, 0) is 4.79 Å². The Morgan fingerprint density at radius 3 is 2.50 bits per heavy atom. The predicted molar refractivity (Wildman–Crippen MR) is 96.1 cm³/mol. The van der Waals surface area contributed by atoms with E-state index in [2.05, 4.69) is 10.4 Å². The molecule has 26 heavy (non-hydrogen) atoms. The van der Waals surface area contributed by atoms with Crippen molar-refractivity contribution < 1.29 is 19.1 Å². The van der Waals surface area contributed by atoms with Crippen LogP contribution in [0.3, 0.4) is 0 Å². The molecular weight excluding hydrogens is 337 g/mol. The lowest BCUT2D eigenvalue weighted by molar-refractivity contribution is -0.137. The summed E-state index contributed by atoms with van der Waals surface area (Å²) < 4.78 is 15.9. The van der Waals surface area contributed by atoms with Crippen molar-refractivity contribution in [2.45, 2.75) is 46.0 Å². The highest BCUT2D eigenvalue weighted by Crippen LogP contribution is 2.17. The molecule has 0 radical (unpaired) electrons. The van der Waals surface area contributed by atoms with Crippen molar-refractivity contribution in [1.82, 2.24) is 15.1 Å². The molecule has 1 aromatic heterocycles. The molecule has 0 atom stereocenters. The van der Waals surface area contributed by atoms with E-state index in [9.17, 15) is 14.0 Å². The summed E-state index contributed by atoms with van der Waals surface area (Å²) in [6, 6.07) is 6.21. The van der Waals surface area contributed by atoms with Crippen LogP contribution < -0.4 is 5.32 Å². The van der Waals surface area contributed by atoms with Gasteiger partial charge in [0.1, 0.15) is 11.5 Å². The lowest BCUT2D eigenvalue weighted by atomic mass is 10.1. The number of rotatable bonds is 9. The Bertz CT molecular complexity index is 786. The Morgan fingerprint density at radius 1 is 1.15 bits per heavy atom. The number of aliphatic carboxylic acids is 1. The van der Waals surface area contributed by atoms with Gasteiger partial charge in [-0.2, -0.15) is 5.10 Å². The molecule has 0 aliphatic carbocycles. The second-order valence-corrected chi connectivity index (χ2v) is 6.32. The Kier molecular flexibility index (Phi) is 6.89. The minimum atomic E-state index is -0.788. The van der Waals surface area contributed by atoms with E-state index in [1.807, 2.05) is 19.9 Å². The van der Waals surface area contributed by atoms with Gasteiger partial charge in [-0.3, -0.25) is 9.59 Å². The van der Waals surface area contributed by atoms with Gasteiger partial charge >= 0.3 is 5.97 Å². The van der Waals surface area contributed by atoms with Crippen LogP contribution in [0.15, 0.2) is 24.3 Å². The molecule has 1 aromatic carbocycles. The minimum absolute atomic E-state index is 0.174. The molecule has 0 fully saturated rings. The van der Waals surface area contributed by atoms with Crippen LogP contribution in [0.25, 0.3) is 5.69 Å². The largest absolute Gasteiger partial charge is 0.481 e. The summed E-state index contributed by atoms with van der Waals surface area (Å²) in [4.78, 5) is 22.5. The maximum Gasteiger partial charge on any atom is 0.303 e. The Labute approximate surface area is 152 Å². The van der Waals surface area contributed by atoms with Crippen molar-refractivity contribution in [3.8, 4) is 5.69 Å². The van der Waals surface area contributed by atoms with Crippen LogP contribution in [-0.4, -0.2) is 33.3 Å². The SMILES string of the molecule is Cc1cc(C)n(-c2ccc(C(=O)NCCCCCCC(=O)O)cc2F)n1. The van der Waals surface area contributed by atoms with Gasteiger partial charge in [-0.1, -0.05) is 12.8 Å². The number of amides is 1. The zero-order valence-corrected chi connectivity index (χ0v) is 15.1. The minimum Gasteiger partial charge on any atom is -0.481 e. The number of hydrogen-bond donors (Lipinski definition) is 2. The third-order valence-electron chi connectivity index (χ3n) is 4.05. The van der Waals surface area contributed by atoms with E-state index in [0.717, 1.165) is 30.7 Å². The molecule has 0 unspecified atom stereocenters. The molecule has 0 saturated carbocycles. The average Bonchev–Trinajstić information content (AvgIpc) is 2.91. The van der Waals surface area contributed by atoms with Gasteiger partial charge in [-0.25, -0.2) is 9.07 Å². The second kappa shape index (κ2) is 9.12. The van der Waals surface area contributed by atoms with Crippen molar-refractivity contribution >= 4 is 11.9 Å². The van der Waals surface area contributed by atoms with Crippen LogP contribution in [0.2, 0.25) is 0 Å². The molecule has 0 spiro atoms.